The van der Waals surface area contributed by atoms with E-state index in [-0.39, 0.29) is 16.7 Å². The molecular formula is C15H16N2O3S2. The highest BCUT2D eigenvalue weighted by molar-refractivity contribution is 7.89. The van der Waals surface area contributed by atoms with Crippen LogP contribution >= 0.6 is 12.6 Å². The second kappa shape index (κ2) is 5.57. The SMILES string of the molecule is NC(=O)[C@@H]1C[C@@H](S)CN1S(=O)(=O)c1ccc2ccccc2c1. The molecule has 22 heavy (non-hydrogen) atoms. The van der Waals surface area contributed by atoms with Gasteiger partial charge in [0.05, 0.1) is 4.90 Å². The lowest BCUT2D eigenvalue weighted by molar-refractivity contribution is -0.121. The van der Waals surface area contributed by atoms with E-state index in [4.69, 9.17) is 5.73 Å². The van der Waals surface area contributed by atoms with E-state index in [1.54, 1.807) is 18.2 Å². The maximum atomic E-state index is 12.8. The summed E-state index contributed by atoms with van der Waals surface area (Å²) in [6.45, 7) is 0.186. The fourth-order valence-electron chi connectivity index (χ4n) is 2.77. The summed E-state index contributed by atoms with van der Waals surface area (Å²) < 4.78 is 26.8. The van der Waals surface area contributed by atoms with Gasteiger partial charge in [0.2, 0.25) is 15.9 Å². The Morgan fingerprint density at radius 1 is 1.18 bits per heavy atom. The molecule has 5 nitrogen and oxygen atoms in total. The fourth-order valence-corrected chi connectivity index (χ4v) is 4.95. The molecule has 2 N–H and O–H groups in total. The molecule has 1 fully saturated rings. The van der Waals surface area contributed by atoms with Crippen molar-refractivity contribution in [3.8, 4) is 0 Å². The van der Waals surface area contributed by atoms with E-state index in [0.717, 1.165) is 15.1 Å². The summed E-state index contributed by atoms with van der Waals surface area (Å²) in [7, 11) is -3.77. The number of rotatable bonds is 3. The number of carbonyl (C=O) groups is 1. The van der Waals surface area contributed by atoms with Crippen LogP contribution in [0.2, 0.25) is 0 Å². The number of nitrogens with two attached hydrogens (primary N) is 1. The summed E-state index contributed by atoms with van der Waals surface area (Å²) in [5, 5.41) is 1.61. The lowest BCUT2D eigenvalue weighted by Crippen LogP contribution is -2.43. The Hall–Kier alpha value is -1.57. The maximum absolute atomic E-state index is 12.8. The summed E-state index contributed by atoms with van der Waals surface area (Å²) in [5.74, 6) is -0.638. The second-order valence-corrected chi connectivity index (χ2v) is 8.01. The number of benzene rings is 2. The third kappa shape index (κ3) is 2.60. The molecule has 1 aliphatic rings. The Bertz CT molecular complexity index is 836. The first kappa shape index (κ1) is 15.3. The highest BCUT2D eigenvalue weighted by Crippen LogP contribution is 2.29. The largest absolute Gasteiger partial charge is 0.368 e. The lowest BCUT2D eigenvalue weighted by atomic mass is 10.1. The number of thiol groups is 1. The first-order valence-corrected chi connectivity index (χ1v) is 8.83. The minimum atomic E-state index is -3.77. The standard InChI is InChI=1S/C15H16N2O3S2/c16-15(18)14-8-12(21)9-17(14)22(19,20)13-6-5-10-3-1-2-4-11(10)7-13/h1-7,12,14,21H,8-9H2,(H2,16,18)/t12-,14+/m1/s1. The highest BCUT2D eigenvalue weighted by Gasteiger charge is 2.42. The number of amides is 1. The van der Waals surface area contributed by atoms with Crippen molar-refractivity contribution < 1.29 is 13.2 Å². The molecule has 0 aliphatic carbocycles. The van der Waals surface area contributed by atoms with Gasteiger partial charge >= 0.3 is 0 Å². The van der Waals surface area contributed by atoms with Crippen molar-refractivity contribution >= 4 is 39.3 Å². The van der Waals surface area contributed by atoms with Crippen molar-refractivity contribution in [1.29, 1.82) is 0 Å². The molecule has 1 saturated heterocycles. The van der Waals surface area contributed by atoms with E-state index in [1.807, 2.05) is 24.3 Å². The minimum Gasteiger partial charge on any atom is -0.368 e. The van der Waals surface area contributed by atoms with E-state index in [9.17, 15) is 13.2 Å². The molecule has 3 rings (SSSR count). The number of carbonyl (C=O) groups excluding carboxylic acids is 1. The number of hydrogen-bond acceptors (Lipinski definition) is 4. The molecule has 2 aromatic rings. The topological polar surface area (TPSA) is 80.5 Å². The Balaban J connectivity index is 2.05. The maximum Gasteiger partial charge on any atom is 0.243 e. The van der Waals surface area contributed by atoms with E-state index >= 15 is 0 Å². The van der Waals surface area contributed by atoms with Crippen molar-refractivity contribution in [2.75, 3.05) is 6.54 Å². The van der Waals surface area contributed by atoms with Crippen LogP contribution in [0.15, 0.2) is 47.4 Å². The van der Waals surface area contributed by atoms with Crippen molar-refractivity contribution in [1.82, 2.24) is 4.31 Å². The van der Waals surface area contributed by atoms with Crippen LogP contribution in [0.25, 0.3) is 10.8 Å². The number of nitrogens with zero attached hydrogens (tertiary/aromatic N) is 1. The molecule has 0 saturated carbocycles. The van der Waals surface area contributed by atoms with Crippen LogP contribution in [0, 0.1) is 0 Å². The van der Waals surface area contributed by atoms with Crippen molar-refractivity contribution in [3.63, 3.8) is 0 Å². The van der Waals surface area contributed by atoms with Gasteiger partial charge in [0.1, 0.15) is 6.04 Å². The van der Waals surface area contributed by atoms with Crippen molar-refractivity contribution in [3.05, 3.63) is 42.5 Å². The highest BCUT2D eigenvalue weighted by atomic mass is 32.2. The number of primary amides is 1. The van der Waals surface area contributed by atoms with Gasteiger partial charge in [0.15, 0.2) is 0 Å². The van der Waals surface area contributed by atoms with Crippen LogP contribution in [0.1, 0.15) is 6.42 Å². The quantitative estimate of drug-likeness (QED) is 0.831. The smallest absolute Gasteiger partial charge is 0.243 e. The van der Waals surface area contributed by atoms with Crippen LogP contribution < -0.4 is 5.73 Å². The van der Waals surface area contributed by atoms with Crippen LogP contribution in [0.5, 0.6) is 0 Å². The predicted molar refractivity (Wildman–Crippen MR) is 88.2 cm³/mol. The molecule has 0 radical (unpaired) electrons. The number of sulfonamides is 1. The summed E-state index contributed by atoms with van der Waals surface area (Å²) in [6.07, 6.45) is 0.339. The molecule has 2 aromatic carbocycles. The first-order chi connectivity index (χ1) is 10.4. The van der Waals surface area contributed by atoms with Gasteiger partial charge in [0.25, 0.3) is 0 Å². The summed E-state index contributed by atoms with van der Waals surface area (Å²) in [5.41, 5.74) is 5.34. The molecule has 0 spiro atoms. The van der Waals surface area contributed by atoms with Crippen molar-refractivity contribution in [2.45, 2.75) is 22.6 Å². The van der Waals surface area contributed by atoms with E-state index < -0.39 is 22.0 Å². The fraction of sp³-hybridized carbons (Fsp3) is 0.267. The Kier molecular flexibility index (Phi) is 3.88. The van der Waals surface area contributed by atoms with E-state index in [0.29, 0.717) is 6.42 Å². The van der Waals surface area contributed by atoms with Gasteiger partial charge < -0.3 is 5.73 Å². The molecule has 0 unspecified atom stereocenters. The number of fused-ring (bicyclic) bond motifs is 1. The van der Waals surface area contributed by atoms with Gasteiger partial charge in [-0.2, -0.15) is 16.9 Å². The van der Waals surface area contributed by atoms with Gasteiger partial charge in [-0.05, 0) is 29.3 Å². The van der Waals surface area contributed by atoms with E-state index in [1.165, 1.54) is 0 Å². The molecule has 1 amide bonds. The Morgan fingerprint density at radius 2 is 1.86 bits per heavy atom. The van der Waals surface area contributed by atoms with Gasteiger partial charge in [-0.3, -0.25) is 4.79 Å². The van der Waals surface area contributed by atoms with Gasteiger partial charge in [0, 0.05) is 11.8 Å². The summed E-state index contributed by atoms with van der Waals surface area (Å²) >= 11 is 4.29. The third-order valence-electron chi connectivity index (χ3n) is 3.89. The average Bonchev–Trinajstić information content (AvgIpc) is 2.90. The summed E-state index contributed by atoms with van der Waals surface area (Å²) in [6, 6.07) is 11.6. The van der Waals surface area contributed by atoms with Crippen LogP contribution in [0.3, 0.4) is 0 Å². The van der Waals surface area contributed by atoms with E-state index in [2.05, 4.69) is 12.6 Å². The van der Waals surface area contributed by atoms with Crippen molar-refractivity contribution in [2.24, 2.45) is 5.73 Å². The summed E-state index contributed by atoms with van der Waals surface area (Å²) in [4.78, 5) is 11.7. The average molecular weight is 336 g/mol. The normalized spacial score (nSPS) is 23.0. The zero-order chi connectivity index (χ0) is 15.9. The Labute approximate surface area is 134 Å². The predicted octanol–water partition coefficient (Wildman–Crippen LogP) is 1.39. The molecule has 7 heteroatoms. The molecule has 0 aromatic heterocycles. The van der Waals surface area contributed by atoms with Crippen LogP contribution in [-0.4, -0.2) is 36.5 Å². The molecule has 1 heterocycles. The molecule has 116 valence electrons. The minimum absolute atomic E-state index is 0.167. The van der Waals surface area contributed by atoms with Gasteiger partial charge in [-0.1, -0.05) is 30.3 Å². The number of hydrogen-bond donors (Lipinski definition) is 2. The monoisotopic (exact) mass is 336 g/mol. The molecule has 0 bridgehead atoms. The zero-order valence-corrected chi connectivity index (χ0v) is 13.4. The molecule has 1 aliphatic heterocycles. The zero-order valence-electron chi connectivity index (χ0n) is 11.7. The third-order valence-corrected chi connectivity index (χ3v) is 6.13. The Morgan fingerprint density at radius 3 is 2.55 bits per heavy atom. The van der Waals surface area contributed by atoms with Gasteiger partial charge in [-0.25, -0.2) is 8.42 Å². The second-order valence-electron chi connectivity index (χ2n) is 5.39. The lowest BCUT2D eigenvalue weighted by Gasteiger charge is -2.21. The van der Waals surface area contributed by atoms with Crippen LogP contribution in [-0.2, 0) is 14.8 Å². The first-order valence-electron chi connectivity index (χ1n) is 6.87. The van der Waals surface area contributed by atoms with Crippen LogP contribution in [0.4, 0.5) is 0 Å². The molecular weight excluding hydrogens is 320 g/mol. The molecule has 2 atom stereocenters. The van der Waals surface area contributed by atoms with Gasteiger partial charge in [-0.15, -0.1) is 0 Å².